The Bertz CT molecular complexity index is 531. The molecule has 1 aromatic carbocycles. The van der Waals surface area contributed by atoms with Crippen LogP contribution in [0.1, 0.15) is 18.9 Å². The van der Waals surface area contributed by atoms with Crippen LogP contribution in [0.4, 0.5) is 0 Å². The van der Waals surface area contributed by atoms with Gasteiger partial charge in [-0.05, 0) is 36.8 Å². The maximum Gasteiger partial charge on any atom is 0.331 e. The Morgan fingerprint density at radius 1 is 1.39 bits per heavy atom. The van der Waals surface area contributed by atoms with Crippen LogP contribution in [0.25, 0.3) is 6.08 Å². The fraction of sp³-hybridized carbons (Fsp3) is 0.214. The Morgan fingerprint density at radius 2 is 2.11 bits per heavy atom. The number of carbonyl (C=O) groups is 1. The van der Waals surface area contributed by atoms with Crippen LogP contribution in [0.2, 0.25) is 0 Å². The second kappa shape index (κ2) is 4.56. The molecule has 2 rings (SSSR count). The number of esters is 1. The maximum absolute atomic E-state index is 11.5. The molecule has 2 N–H and O–H groups in total. The number of carbonyl (C=O) groups excluding carboxylic acids is 1. The minimum Gasteiger partial charge on any atom is -0.504 e. The summed E-state index contributed by atoms with van der Waals surface area (Å²) in [6, 6.07) is 4.31. The van der Waals surface area contributed by atoms with Gasteiger partial charge in [-0.3, -0.25) is 0 Å². The summed E-state index contributed by atoms with van der Waals surface area (Å²) in [6.07, 6.45) is 7.32. The highest BCUT2D eigenvalue weighted by Crippen LogP contribution is 2.27. The van der Waals surface area contributed by atoms with E-state index in [0.717, 1.165) is 6.42 Å². The third-order valence-electron chi connectivity index (χ3n) is 2.74. The average Bonchev–Trinajstić information content (AvgIpc) is 2.29. The SMILES string of the molecule is CC1(OC(=O)/C=C/c2ccc(O)c(O)c2)C=CC1. The van der Waals surface area contributed by atoms with Crippen molar-refractivity contribution in [2.75, 3.05) is 0 Å². The summed E-state index contributed by atoms with van der Waals surface area (Å²) < 4.78 is 5.23. The molecule has 4 nitrogen and oxygen atoms in total. The van der Waals surface area contributed by atoms with Gasteiger partial charge in [0.05, 0.1) is 0 Å². The molecule has 1 atom stereocenters. The van der Waals surface area contributed by atoms with E-state index in [1.807, 2.05) is 19.1 Å². The topological polar surface area (TPSA) is 66.8 Å². The monoisotopic (exact) mass is 246 g/mol. The Hall–Kier alpha value is -2.23. The number of benzene rings is 1. The van der Waals surface area contributed by atoms with Crippen LogP contribution in [-0.4, -0.2) is 21.8 Å². The third kappa shape index (κ3) is 2.71. The van der Waals surface area contributed by atoms with Crippen molar-refractivity contribution >= 4 is 12.0 Å². The van der Waals surface area contributed by atoms with Crippen molar-refractivity contribution in [3.8, 4) is 11.5 Å². The van der Waals surface area contributed by atoms with Crippen molar-refractivity contribution in [3.63, 3.8) is 0 Å². The second-order valence-electron chi connectivity index (χ2n) is 4.42. The summed E-state index contributed by atoms with van der Waals surface area (Å²) in [4.78, 5) is 11.5. The Kier molecular flexibility index (Phi) is 3.10. The molecule has 18 heavy (non-hydrogen) atoms. The molecule has 1 aliphatic rings. The lowest BCUT2D eigenvalue weighted by Gasteiger charge is -2.30. The quantitative estimate of drug-likeness (QED) is 0.372. The first kappa shape index (κ1) is 12.2. The molecule has 0 radical (unpaired) electrons. The second-order valence-corrected chi connectivity index (χ2v) is 4.42. The van der Waals surface area contributed by atoms with E-state index in [0.29, 0.717) is 5.56 Å². The van der Waals surface area contributed by atoms with E-state index in [2.05, 4.69) is 0 Å². The van der Waals surface area contributed by atoms with Gasteiger partial charge in [-0.2, -0.15) is 0 Å². The number of ether oxygens (including phenoxy) is 1. The largest absolute Gasteiger partial charge is 0.504 e. The molecule has 0 heterocycles. The lowest BCUT2D eigenvalue weighted by molar-refractivity contribution is -0.148. The molecule has 1 aromatic rings. The number of hydrogen-bond donors (Lipinski definition) is 2. The molecular weight excluding hydrogens is 232 g/mol. The molecule has 0 saturated heterocycles. The predicted molar refractivity (Wildman–Crippen MR) is 67.1 cm³/mol. The molecule has 0 bridgehead atoms. The predicted octanol–water partition coefficient (Wildman–Crippen LogP) is 2.37. The van der Waals surface area contributed by atoms with E-state index < -0.39 is 11.6 Å². The van der Waals surface area contributed by atoms with Crippen LogP contribution in [0.3, 0.4) is 0 Å². The van der Waals surface area contributed by atoms with Gasteiger partial charge in [0.2, 0.25) is 0 Å². The summed E-state index contributed by atoms with van der Waals surface area (Å²) in [6.45, 7) is 1.84. The lowest BCUT2D eigenvalue weighted by atomic mass is 9.92. The van der Waals surface area contributed by atoms with Gasteiger partial charge in [0.1, 0.15) is 5.60 Å². The highest BCUT2D eigenvalue weighted by atomic mass is 16.6. The van der Waals surface area contributed by atoms with Gasteiger partial charge in [0.15, 0.2) is 11.5 Å². The van der Waals surface area contributed by atoms with E-state index in [9.17, 15) is 9.90 Å². The fourth-order valence-electron chi connectivity index (χ4n) is 1.60. The zero-order chi connectivity index (χ0) is 13.2. The zero-order valence-corrected chi connectivity index (χ0v) is 9.96. The number of aromatic hydroxyl groups is 2. The van der Waals surface area contributed by atoms with Crippen LogP contribution in [0, 0.1) is 0 Å². The van der Waals surface area contributed by atoms with Gasteiger partial charge in [0.25, 0.3) is 0 Å². The third-order valence-corrected chi connectivity index (χ3v) is 2.74. The van der Waals surface area contributed by atoms with E-state index in [-0.39, 0.29) is 11.5 Å². The van der Waals surface area contributed by atoms with Crippen molar-refractivity contribution in [2.24, 2.45) is 0 Å². The molecule has 94 valence electrons. The van der Waals surface area contributed by atoms with Gasteiger partial charge >= 0.3 is 5.97 Å². The van der Waals surface area contributed by atoms with Crippen LogP contribution in [0.15, 0.2) is 36.4 Å². The molecule has 4 heteroatoms. The molecule has 0 fully saturated rings. The van der Waals surface area contributed by atoms with Crippen molar-refractivity contribution in [1.29, 1.82) is 0 Å². The first-order valence-electron chi connectivity index (χ1n) is 5.59. The normalized spacial score (nSPS) is 21.8. The molecule has 0 aliphatic heterocycles. The van der Waals surface area contributed by atoms with E-state index >= 15 is 0 Å². The standard InChI is InChI=1S/C14H14O4/c1-14(7-2-8-14)18-13(17)6-4-10-3-5-11(15)12(16)9-10/h2-7,9,15-16H,8H2,1H3/b6-4+. The number of phenols is 2. The Labute approximate surface area is 105 Å². The molecule has 0 aromatic heterocycles. The fourth-order valence-corrected chi connectivity index (χ4v) is 1.60. The van der Waals surface area contributed by atoms with E-state index in [1.54, 1.807) is 6.07 Å². The Morgan fingerprint density at radius 3 is 2.67 bits per heavy atom. The number of phenolic OH excluding ortho intramolecular Hbond substituents is 2. The highest BCUT2D eigenvalue weighted by molar-refractivity contribution is 5.87. The molecular formula is C14H14O4. The van der Waals surface area contributed by atoms with Crippen LogP contribution in [0.5, 0.6) is 11.5 Å². The minimum atomic E-state index is -0.488. The molecule has 0 spiro atoms. The first-order valence-corrected chi connectivity index (χ1v) is 5.59. The lowest BCUT2D eigenvalue weighted by Crippen LogP contribution is -2.32. The van der Waals surface area contributed by atoms with Gasteiger partial charge < -0.3 is 14.9 Å². The van der Waals surface area contributed by atoms with Gasteiger partial charge in [-0.1, -0.05) is 12.1 Å². The van der Waals surface area contributed by atoms with Crippen molar-refractivity contribution < 1.29 is 19.7 Å². The molecule has 1 aliphatic carbocycles. The van der Waals surface area contributed by atoms with Crippen molar-refractivity contribution in [2.45, 2.75) is 18.9 Å². The minimum absolute atomic E-state index is 0.193. The molecule has 1 unspecified atom stereocenters. The molecule has 0 amide bonds. The van der Waals surface area contributed by atoms with E-state index in [4.69, 9.17) is 9.84 Å². The summed E-state index contributed by atoms with van der Waals surface area (Å²) in [5.74, 6) is -0.851. The van der Waals surface area contributed by atoms with Crippen LogP contribution >= 0.6 is 0 Å². The van der Waals surface area contributed by atoms with Crippen molar-refractivity contribution in [1.82, 2.24) is 0 Å². The van der Waals surface area contributed by atoms with Crippen molar-refractivity contribution in [3.05, 3.63) is 42.0 Å². The van der Waals surface area contributed by atoms with Gasteiger partial charge in [-0.15, -0.1) is 0 Å². The summed E-state index contributed by atoms with van der Waals surface area (Å²) >= 11 is 0. The average molecular weight is 246 g/mol. The zero-order valence-electron chi connectivity index (χ0n) is 9.96. The van der Waals surface area contributed by atoms with Crippen LogP contribution in [-0.2, 0) is 9.53 Å². The molecule has 0 saturated carbocycles. The van der Waals surface area contributed by atoms with Gasteiger partial charge in [-0.25, -0.2) is 4.79 Å². The Balaban J connectivity index is 1.99. The first-order chi connectivity index (χ1) is 8.48. The number of hydrogen-bond acceptors (Lipinski definition) is 4. The summed E-state index contributed by atoms with van der Waals surface area (Å²) in [5.41, 5.74) is 0.120. The highest BCUT2D eigenvalue weighted by Gasteiger charge is 2.29. The number of rotatable bonds is 3. The van der Waals surface area contributed by atoms with E-state index in [1.165, 1.54) is 24.3 Å². The maximum atomic E-state index is 11.5. The summed E-state index contributed by atoms with van der Waals surface area (Å²) in [5, 5.41) is 18.4. The van der Waals surface area contributed by atoms with Gasteiger partial charge in [0, 0.05) is 12.5 Å². The summed E-state index contributed by atoms with van der Waals surface area (Å²) in [7, 11) is 0. The smallest absolute Gasteiger partial charge is 0.331 e. The van der Waals surface area contributed by atoms with Crippen LogP contribution < -0.4 is 0 Å².